The molecule has 122 valence electrons. The number of hydrogen-bond acceptors (Lipinski definition) is 4. The van der Waals surface area contributed by atoms with E-state index in [1.165, 1.54) is 6.20 Å². The van der Waals surface area contributed by atoms with Gasteiger partial charge in [0, 0.05) is 6.07 Å². The van der Waals surface area contributed by atoms with Crippen LogP contribution in [0.15, 0.2) is 54.0 Å². The number of aromatic amines is 1. The van der Waals surface area contributed by atoms with E-state index in [0.29, 0.717) is 6.42 Å². The maximum absolute atomic E-state index is 11.4. The fourth-order valence-electron chi connectivity index (χ4n) is 2.56. The lowest BCUT2D eigenvalue weighted by molar-refractivity contribution is 0.394. The summed E-state index contributed by atoms with van der Waals surface area (Å²) in [5.41, 5.74) is 4.18. The summed E-state index contributed by atoms with van der Waals surface area (Å²) in [5, 5.41) is 0. The largest absolute Gasteiger partial charge is 0.497 e. The van der Waals surface area contributed by atoms with Gasteiger partial charge in [-0.15, -0.1) is 0 Å². The molecule has 5 nitrogen and oxygen atoms in total. The maximum Gasteiger partial charge on any atom is 0.266 e. The third-order valence-electron chi connectivity index (χ3n) is 3.82. The molecule has 0 saturated carbocycles. The number of aromatic nitrogens is 2. The zero-order valence-electron chi connectivity index (χ0n) is 13.6. The van der Waals surface area contributed by atoms with Crippen LogP contribution in [0.1, 0.15) is 11.1 Å². The molecule has 0 aliphatic heterocycles. The minimum Gasteiger partial charge on any atom is -0.497 e. The normalized spacial score (nSPS) is 10.6. The summed E-state index contributed by atoms with van der Waals surface area (Å²) in [6.07, 6.45) is 1.92. The predicted octanol–water partition coefficient (Wildman–Crippen LogP) is 3.20. The van der Waals surface area contributed by atoms with Gasteiger partial charge in [0.2, 0.25) is 0 Å². The summed E-state index contributed by atoms with van der Waals surface area (Å²) in [4.78, 5) is 18.3. The molecule has 1 N–H and O–H groups in total. The first-order valence-corrected chi connectivity index (χ1v) is 7.48. The Labute approximate surface area is 139 Å². The van der Waals surface area contributed by atoms with Gasteiger partial charge in [-0.1, -0.05) is 12.6 Å². The van der Waals surface area contributed by atoms with Crippen LogP contribution in [-0.2, 0) is 6.42 Å². The Morgan fingerprint density at radius 1 is 1.12 bits per heavy atom. The van der Waals surface area contributed by atoms with Crippen LogP contribution < -0.4 is 15.0 Å². The second-order valence-corrected chi connectivity index (χ2v) is 5.48. The van der Waals surface area contributed by atoms with Gasteiger partial charge in [-0.2, -0.15) is 0 Å². The van der Waals surface area contributed by atoms with Crippen molar-refractivity contribution in [1.29, 1.82) is 0 Å². The van der Waals surface area contributed by atoms with Gasteiger partial charge in [0.15, 0.2) is 0 Å². The summed E-state index contributed by atoms with van der Waals surface area (Å²) in [6, 6.07) is 11.5. The van der Waals surface area contributed by atoms with Crippen molar-refractivity contribution in [2.24, 2.45) is 0 Å². The van der Waals surface area contributed by atoms with E-state index in [-0.39, 0.29) is 5.56 Å². The van der Waals surface area contributed by atoms with Gasteiger partial charge < -0.3 is 14.5 Å². The third kappa shape index (κ3) is 3.30. The van der Waals surface area contributed by atoms with Crippen molar-refractivity contribution in [3.8, 4) is 11.5 Å². The Morgan fingerprint density at radius 3 is 2.50 bits per heavy atom. The van der Waals surface area contributed by atoms with Crippen LogP contribution in [0.3, 0.4) is 0 Å². The lowest BCUT2D eigenvalue weighted by Gasteiger charge is -2.11. The average molecular weight is 322 g/mol. The Morgan fingerprint density at radius 2 is 1.83 bits per heavy atom. The molecule has 0 radical (unpaired) electrons. The van der Waals surface area contributed by atoms with Crippen molar-refractivity contribution in [1.82, 2.24) is 9.97 Å². The second kappa shape index (κ2) is 6.58. The number of ether oxygens (including phenoxy) is 2. The van der Waals surface area contributed by atoms with Gasteiger partial charge in [-0.25, -0.2) is 4.98 Å². The average Bonchev–Trinajstić information content (AvgIpc) is 2.60. The molecule has 24 heavy (non-hydrogen) atoms. The van der Waals surface area contributed by atoms with Crippen molar-refractivity contribution in [3.05, 3.63) is 70.7 Å². The summed E-state index contributed by atoms with van der Waals surface area (Å²) >= 11 is 0. The highest BCUT2D eigenvalue weighted by atomic mass is 16.5. The second-order valence-electron chi connectivity index (χ2n) is 5.48. The maximum atomic E-state index is 11.4. The molecule has 2 aromatic carbocycles. The molecule has 1 aromatic heterocycles. The number of nitrogens with one attached hydrogen (secondary N) is 1. The first-order chi connectivity index (χ1) is 11.6. The Kier molecular flexibility index (Phi) is 4.33. The van der Waals surface area contributed by atoms with E-state index < -0.39 is 0 Å². The van der Waals surface area contributed by atoms with Crippen molar-refractivity contribution in [2.45, 2.75) is 6.42 Å². The van der Waals surface area contributed by atoms with Gasteiger partial charge >= 0.3 is 0 Å². The molecule has 3 rings (SSSR count). The standard InChI is InChI=1S/C19H18N2O3/c1-12(14-8-15(23-2)10-16(9-14)24-3)6-13-4-5-17-18(7-13)21-19(22)11-20-17/h4-5,7-11H,1,6H2,2-3H3,(H,21,22). The number of allylic oxidation sites excluding steroid dienone is 1. The molecule has 1 heterocycles. The molecular weight excluding hydrogens is 304 g/mol. The monoisotopic (exact) mass is 322 g/mol. The number of rotatable bonds is 5. The van der Waals surface area contributed by atoms with Crippen molar-refractivity contribution >= 4 is 16.6 Å². The zero-order valence-corrected chi connectivity index (χ0v) is 13.6. The molecule has 0 unspecified atom stereocenters. The van der Waals surface area contributed by atoms with E-state index in [1.807, 2.05) is 36.4 Å². The molecule has 3 aromatic rings. The summed E-state index contributed by atoms with van der Waals surface area (Å²) in [6.45, 7) is 4.17. The first-order valence-electron chi connectivity index (χ1n) is 7.48. The lowest BCUT2D eigenvalue weighted by Crippen LogP contribution is -2.05. The van der Waals surface area contributed by atoms with E-state index in [0.717, 1.165) is 39.2 Å². The topological polar surface area (TPSA) is 64.2 Å². The molecule has 0 fully saturated rings. The first kappa shape index (κ1) is 15.8. The minimum absolute atomic E-state index is 0.212. The third-order valence-corrected chi connectivity index (χ3v) is 3.82. The molecular formula is C19H18N2O3. The van der Waals surface area contributed by atoms with Crippen LogP contribution in [0.25, 0.3) is 16.6 Å². The number of hydrogen-bond donors (Lipinski definition) is 1. The van der Waals surface area contributed by atoms with Crippen LogP contribution in [-0.4, -0.2) is 24.2 Å². The highest BCUT2D eigenvalue weighted by molar-refractivity contribution is 5.76. The highest BCUT2D eigenvalue weighted by Crippen LogP contribution is 2.28. The van der Waals surface area contributed by atoms with Crippen molar-refractivity contribution in [2.75, 3.05) is 14.2 Å². The van der Waals surface area contributed by atoms with Crippen molar-refractivity contribution < 1.29 is 9.47 Å². The fourth-order valence-corrected chi connectivity index (χ4v) is 2.56. The van der Waals surface area contributed by atoms with Crippen LogP contribution in [0.4, 0.5) is 0 Å². The number of benzene rings is 2. The fraction of sp³-hybridized carbons (Fsp3) is 0.158. The summed E-state index contributed by atoms with van der Waals surface area (Å²) in [5.74, 6) is 1.44. The summed E-state index contributed by atoms with van der Waals surface area (Å²) < 4.78 is 10.6. The van der Waals surface area contributed by atoms with Crippen LogP contribution in [0, 0.1) is 0 Å². The Balaban J connectivity index is 1.90. The van der Waals surface area contributed by atoms with E-state index >= 15 is 0 Å². The van der Waals surface area contributed by atoms with Crippen LogP contribution in [0.2, 0.25) is 0 Å². The molecule has 5 heteroatoms. The zero-order chi connectivity index (χ0) is 17.1. The van der Waals surface area contributed by atoms with Gasteiger partial charge in [-0.05, 0) is 47.4 Å². The number of H-pyrrole nitrogens is 1. The molecule has 0 amide bonds. The van der Waals surface area contributed by atoms with Crippen molar-refractivity contribution in [3.63, 3.8) is 0 Å². The number of fused-ring (bicyclic) bond motifs is 1. The Bertz CT molecular complexity index is 938. The lowest BCUT2D eigenvalue weighted by atomic mass is 9.99. The smallest absolute Gasteiger partial charge is 0.266 e. The van der Waals surface area contributed by atoms with Gasteiger partial charge in [0.1, 0.15) is 11.5 Å². The van der Waals surface area contributed by atoms with Gasteiger partial charge in [-0.3, -0.25) is 4.79 Å². The number of nitrogens with zero attached hydrogens (tertiary/aromatic N) is 1. The van der Waals surface area contributed by atoms with Crippen LogP contribution >= 0.6 is 0 Å². The molecule has 0 bridgehead atoms. The molecule has 0 spiro atoms. The quantitative estimate of drug-likeness (QED) is 0.783. The molecule has 0 aliphatic carbocycles. The van der Waals surface area contributed by atoms with Crippen LogP contribution in [0.5, 0.6) is 11.5 Å². The molecule has 0 aliphatic rings. The predicted molar refractivity (Wildman–Crippen MR) is 94.6 cm³/mol. The van der Waals surface area contributed by atoms with E-state index in [2.05, 4.69) is 16.5 Å². The van der Waals surface area contributed by atoms with E-state index in [9.17, 15) is 4.79 Å². The molecule has 0 atom stereocenters. The number of methoxy groups -OCH3 is 2. The van der Waals surface area contributed by atoms with Gasteiger partial charge in [0.25, 0.3) is 5.56 Å². The highest BCUT2D eigenvalue weighted by Gasteiger charge is 2.07. The Hall–Kier alpha value is -3.08. The van der Waals surface area contributed by atoms with E-state index in [1.54, 1.807) is 14.2 Å². The summed E-state index contributed by atoms with van der Waals surface area (Å²) in [7, 11) is 3.24. The van der Waals surface area contributed by atoms with E-state index in [4.69, 9.17) is 9.47 Å². The molecule has 0 saturated heterocycles. The minimum atomic E-state index is -0.212. The van der Waals surface area contributed by atoms with Gasteiger partial charge in [0.05, 0.1) is 31.4 Å². The SMILES string of the molecule is C=C(Cc1ccc2ncc(=O)[nH]c2c1)c1cc(OC)cc(OC)c1.